The smallest absolute Gasteiger partial charge is 0.326 e. The molecule has 0 fully saturated rings. The highest BCUT2D eigenvalue weighted by Crippen LogP contribution is 2.25. The molecule has 2 N–H and O–H groups in total. The molecule has 0 aliphatic heterocycles. The molecule has 0 spiro atoms. The van der Waals surface area contributed by atoms with Gasteiger partial charge in [-0.15, -0.1) is 10.2 Å². The van der Waals surface area contributed by atoms with E-state index in [0.29, 0.717) is 22.3 Å². The van der Waals surface area contributed by atoms with Gasteiger partial charge in [0.25, 0.3) is 0 Å². The zero-order valence-corrected chi connectivity index (χ0v) is 11.3. The Hall–Kier alpha value is -1.96. The molecule has 0 aliphatic rings. The third kappa shape index (κ3) is 3.50. The van der Waals surface area contributed by atoms with Crippen LogP contribution in [0.5, 0.6) is 0 Å². The normalized spacial score (nSPS) is 12.6. The highest BCUT2D eigenvalue weighted by Gasteiger charge is 2.20. The Kier molecular flexibility index (Phi) is 4.10. The second kappa shape index (κ2) is 5.79. The Labute approximate surface area is 113 Å². The summed E-state index contributed by atoms with van der Waals surface area (Å²) < 4.78 is 4.72. The minimum Gasteiger partial charge on any atom is -0.480 e. The summed E-state index contributed by atoms with van der Waals surface area (Å²) in [4.78, 5) is 11.1. The molecule has 0 unspecified atom stereocenters. The van der Waals surface area contributed by atoms with Gasteiger partial charge in [0.1, 0.15) is 18.0 Å². The quantitative estimate of drug-likeness (QED) is 0.836. The minimum atomic E-state index is -0.896. The van der Waals surface area contributed by atoms with Crippen LogP contribution in [0.2, 0.25) is 0 Å². The van der Waals surface area contributed by atoms with E-state index >= 15 is 0 Å². The van der Waals surface area contributed by atoms with Crippen LogP contribution in [0, 0.1) is 5.92 Å². The Bertz CT molecular complexity index is 538. The van der Waals surface area contributed by atoms with Gasteiger partial charge in [-0.1, -0.05) is 30.3 Å². The van der Waals surface area contributed by atoms with Gasteiger partial charge in [-0.05, 0) is 12.3 Å². The van der Waals surface area contributed by atoms with E-state index in [0.717, 1.165) is 0 Å². The number of carbonyl (C=O) groups is 1. The number of hydrogen-bond donors (Lipinski definition) is 2. The molecule has 2 aromatic heterocycles. The van der Waals surface area contributed by atoms with Crippen molar-refractivity contribution in [1.82, 2.24) is 15.4 Å². The first-order valence-corrected chi connectivity index (χ1v) is 6.61. The van der Waals surface area contributed by atoms with Crippen molar-refractivity contribution in [3.05, 3.63) is 12.3 Å². The van der Waals surface area contributed by atoms with Crippen LogP contribution in [-0.2, 0) is 4.79 Å². The number of nitrogens with one attached hydrogen (secondary N) is 1. The van der Waals surface area contributed by atoms with Gasteiger partial charge in [-0.25, -0.2) is 4.79 Å². The number of hydrogen-bond acceptors (Lipinski definition) is 7. The van der Waals surface area contributed by atoms with Crippen LogP contribution in [0.4, 0.5) is 5.13 Å². The Balaban J connectivity index is 2.08. The van der Waals surface area contributed by atoms with E-state index in [1.165, 1.54) is 17.6 Å². The molecule has 0 amide bonds. The molecule has 0 saturated carbocycles. The summed E-state index contributed by atoms with van der Waals surface area (Å²) in [6, 6.07) is 1.01. The summed E-state index contributed by atoms with van der Waals surface area (Å²) in [7, 11) is 0. The van der Waals surface area contributed by atoms with Crippen molar-refractivity contribution in [3.63, 3.8) is 0 Å². The first-order chi connectivity index (χ1) is 9.06. The molecular weight excluding hydrogens is 268 g/mol. The maximum atomic E-state index is 11.1. The molecule has 0 radical (unpaired) electrons. The molecule has 1 atom stereocenters. The van der Waals surface area contributed by atoms with E-state index in [9.17, 15) is 4.79 Å². The second-order valence-corrected chi connectivity index (χ2v) is 5.44. The molecule has 0 bridgehead atoms. The molecule has 8 heteroatoms. The second-order valence-electron chi connectivity index (χ2n) is 4.46. The first kappa shape index (κ1) is 13.5. The highest BCUT2D eigenvalue weighted by atomic mass is 32.1. The van der Waals surface area contributed by atoms with Crippen molar-refractivity contribution in [2.75, 3.05) is 5.32 Å². The molecule has 0 aromatic carbocycles. The summed E-state index contributed by atoms with van der Waals surface area (Å²) in [5, 5.41) is 24.7. The van der Waals surface area contributed by atoms with Crippen LogP contribution >= 0.6 is 11.3 Å². The number of aromatic nitrogens is 3. The molecule has 2 rings (SSSR count). The standard InChI is InChI=1S/C11H14N4O3S/c1-6(2)5-8(10(16)17)12-11-14-13-9(19-11)7-3-4-18-15-7/h3-4,6,8H,5H2,1-2H3,(H,12,14)(H,16,17)/t8-/m1/s1. The first-order valence-electron chi connectivity index (χ1n) is 5.80. The zero-order chi connectivity index (χ0) is 13.8. The van der Waals surface area contributed by atoms with Gasteiger partial charge in [-0.2, -0.15) is 0 Å². The van der Waals surface area contributed by atoms with Crippen LogP contribution in [-0.4, -0.2) is 32.5 Å². The number of aliphatic carboxylic acids is 1. The van der Waals surface area contributed by atoms with Gasteiger partial charge in [0, 0.05) is 6.07 Å². The molecule has 0 aliphatic carbocycles. The largest absolute Gasteiger partial charge is 0.480 e. The summed E-state index contributed by atoms with van der Waals surface area (Å²) in [6.45, 7) is 3.94. The molecule has 102 valence electrons. The number of nitrogens with zero attached hydrogens (tertiary/aromatic N) is 3. The van der Waals surface area contributed by atoms with Gasteiger partial charge in [0.05, 0.1) is 0 Å². The fraction of sp³-hybridized carbons (Fsp3) is 0.455. The van der Waals surface area contributed by atoms with Crippen LogP contribution in [0.3, 0.4) is 0 Å². The van der Waals surface area contributed by atoms with Crippen LogP contribution in [0.15, 0.2) is 16.9 Å². The SMILES string of the molecule is CC(C)C[C@@H](Nc1nnc(-c2ccon2)s1)C(=O)O. The number of carboxylic acid groups (broad SMARTS) is 1. The van der Waals surface area contributed by atoms with Crippen LogP contribution in [0.1, 0.15) is 20.3 Å². The summed E-state index contributed by atoms with van der Waals surface area (Å²) in [6.07, 6.45) is 1.97. The number of rotatable bonds is 6. The van der Waals surface area contributed by atoms with Gasteiger partial charge < -0.3 is 14.9 Å². The number of anilines is 1. The predicted octanol–water partition coefficient (Wildman–Crippen LogP) is 2.10. The predicted molar refractivity (Wildman–Crippen MR) is 69.9 cm³/mol. The van der Waals surface area contributed by atoms with Gasteiger partial charge in [0.15, 0.2) is 5.01 Å². The molecule has 7 nitrogen and oxygen atoms in total. The fourth-order valence-corrected chi connectivity index (χ4v) is 2.31. The lowest BCUT2D eigenvalue weighted by Gasteiger charge is -2.14. The van der Waals surface area contributed by atoms with Gasteiger partial charge >= 0.3 is 5.97 Å². The summed E-state index contributed by atoms with van der Waals surface area (Å²) in [5.41, 5.74) is 0.585. The van der Waals surface area contributed by atoms with Crippen molar-refractivity contribution >= 4 is 22.4 Å². The van der Waals surface area contributed by atoms with E-state index in [2.05, 4.69) is 20.7 Å². The maximum absolute atomic E-state index is 11.1. The Morgan fingerprint density at radius 2 is 2.32 bits per heavy atom. The topological polar surface area (TPSA) is 101 Å². The average molecular weight is 282 g/mol. The average Bonchev–Trinajstić information content (AvgIpc) is 2.97. The third-order valence-electron chi connectivity index (χ3n) is 2.38. The van der Waals surface area contributed by atoms with E-state index in [1.54, 1.807) is 6.07 Å². The zero-order valence-electron chi connectivity index (χ0n) is 10.5. The molecule has 2 heterocycles. The van der Waals surface area contributed by atoms with Crippen molar-refractivity contribution in [2.45, 2.75) is 26.3 Å². The lowest BCUT2D eigenvalue weighted by molar-refractivity contribution is -0.138. The lowest BCUT2D eigenvalue weighted by atomic mass is 10.0. The van der Waals surface area contributed by atoms with E-state index in [-0.39, 0.29) is 5.92 Å². The monoisotopic (exact) mass is 282 g/mol. The van der Waals surface area contributed by atoms with Gasteiger partial charge in [-0.3, -0.25) is 0 Å². The molecular formula is C11H14N4O3S. The van der Waals surface area contributed by atoms with Crippen molar-refractivity contribution in [2.24, 2.45) is 5.92 Å². The van der Waals surface area contributed by atoms with Crippen LogP contribution in [0.25, 0.3) is 10.7 Å². The van der Waals surface area contributed by atoms with E-state index in [4.69, 9.17) is 9.63 Å². The Morgan fingerprint density at radius 1 is 1.53 bits per heavy atom. The summed E-state index contributed by atoms with van der Waals surface area (Å²) >= 11 is 1.24. The molecule has 0 saturated heterocycles. The lowest BCUT2D eigenvalue weighted by Crippen LogP contribution is -2.30. The van der Waals surface area contributed by atoms with Gasteiger partial charge in [0.2, 0.25) is 5.13 Å². The van der Waals surface area contributed by atoms with Crippen LogP contribution < -0.4 is 5.32 Å². The molecule has 2 aromatic rings. The highest BCUT2D eigenvalue weighted by molar-refractivity contribution is 7.18. The maximum Gasteiger partial charge on any atom is 0.326 e. The summed E-state index contributed by atoms with van der Waals surface area (Å²) in [5.74, 6) is -0.622. The minimum absolute atomic E-state index is 0.275. The van der Waals surface area contributed by atoms with Crippen molar-refractivity contribution in [3.8, 4) is 10.7 Å². The van der Waals surface area contributed by atoms with E-state index < -0.39 is 12.0 Å². The molecule has 19 heavy (non-hydrogen) atoms. The number of carboxylic acids is 1. The van der Waals surface area contributed by atoms with Crippen molar-refractivity contribution in [1.29, 1.82) is 0 Å². The van der Waals surface area contributed by atoms with Crippen molar-refractivity contribution < 1.29 is 14.4 Å². The third-order valence-corrected chi connectivity index (χ3v) is 3.26. The fourth-order valence-electron chi connectivity index (χ4n) is 1.55. The van der Waals surface area contributed by atoms with E-state index in [1.807, 2.05) is 13.8 Å². The Morgan fingerprint density at radius 3 is 2.89 bits per heavy atom.